The second-order valence-electron chi connectivity index (χ2n) is 7.27. The Hall–Kier alpha value is -3.09. The largest absolute Gasteiger partial charge is 0.481 e. The lowest BCUT2D eigenvalue weighted by Gasteiger charge is -2.30. The Bertz CT molecular complexity index is 1360. The van der Waals surface area contributed by atoms with Crippen molar-refractivity contribution in [1.82, 2.24) is 4.98 Å². The number of hydrogen-bond acceptors (Lipinski definition) is 7. The van der Waals surface area contributed by atoms with E-state index in [0.29, 0.717) is 6.07 Å². The van der Waals surface area contributed by atoms with Crippen LogP contribution in [-0.2, 0) is 31.4 Å². The molecule has 0 saturated carbocycles. The zero-order valence-corrected chi connectivity index (χ0v) is 20.0. The highest BCUT2D eigenvalue weighted by Crippen LogP contribution is 2.34. The molecule has 0 saturated heterocycles. The number of amides is 1. The maximum Gasteiger partial charge on any atom is 0.309 e. The first kappa shape index (κ1) is 25.5. The van der Waals surface area contributed by atoms with E-state index in [2.05, 4.69) is 10.3 Å². The number of benzene rings is 2. The number of carboxylic acid groups (broad SMARTS) is 1. The number of thiazole rings is 1. The summed E-state index contributed by atoms with van der Waals surface area (Å²) in [6.45, 7) is 1.30. The first-order chi connectivity index (χ1) is 15.8. The highest BCUT2D eigenvalue weighted by Gasteiger charge is 2.39. The average molecular weight is 531 g/mol. The van der Waals surface area contributed by atoms with Crippen LogP contribution in [0.2, 0.25) is 4.34 Å². The van der Waals surface area contributed by atoms with Crippen LogP contribution in [0.5, 0.6) is 5.75 Å². The van der Waals surface area contributed by atoms with Crippen LogP contribution in [0.25, 0.3) is 0 Å². The predicted octanol–water partition coefficient (Wildman–Crippen LogP) is 4.04. The number of aliphatic carboxylic acids is 1. The predicted molar refractivity (Wildman–Crippen MR) is 121 cm³/mol. The Kier molecular flexibility index (Phi) is 7.24. The van der Waals surface area contributed by atoms with Gasteiger partial charge in [-0.1, -0.05) is 35.1 Å². The van der Waals surface area contributed by atoms with Crippen molar-refractivity contribution in [3.63, 3.8) is 0 Å². The van der Waals surface area contributed by atoms with Gasteiger partial charge in [-0.05, 0) is 31.2 Å². The number of hydrogen-bond donors (Lipinski definition) is 2. The smallest absolute Gasteiger partial charge is 0.309 e. The average Bonchev–Trinajstić information content (AvgIpc) is 3.07. The molecule has 1 atom stereocenters. The third kappa shape index (κ3) is 5.69. The molecule has 2 N–H and O–H groups in total. The van der Waals surface area contributed by atoms with E-state index in [0.717, 1.165) is 29.7 Å². The number of sulfone groups is 1. The third-order valence-corrected chi connectivity index (χ3v) is 7.04. The normalized spacial score (nSPS) is 13.2. The van der Waals surface area contributed by atoms with Crippen molar-refractivity contribution < 1.29 is 36.6 Å². The minimum absolute atomic E-state index is 0.0167. The summed E-state index contributed by atoms with van der Waals surface area (Å²) in [5.41, 5.74) is -1.76. The van der Waals surface area contributed by atoms with Gasteiger partial charge in [0.2, 0.25) is 5.60 Å². The molecule has 13 heteroatoms. The summed E-state index contributed by atoms with van der Waals surface area (Å²) < 4.78 is 57.0. The molecule has 1 aromatic heterocycles. The maximum absolute atomic E-state index is 14.3. The highest BCUT2D eigenvalue weighted by molar-refractivity contribution is 7.90. The monoisotopic (exact) mass is 530 g/mol. The van der Waals surface area contributed by atoms with Gasteiger partial charge in [0.15, 0.2) is 26.5 Å². The van der Waals surface area contributed by atoms with Gasteiger partial charge in [0.05, 0.1) is 17.0 Å². The molecular weight excluding hydrogens is 514 g/mol. The first-order valence-electron chi connectivity index (χ1n) is 9.42. The highest BCUT2D eigenvalue weighted by atomic mass is 35.5. The second kappa shape index (κ2) is 9.65. The fourth-order valence-corrected chi connectivity index (χ4v) is 4.55. The molecule has 0 spiro atoms. The minimum Gasteiger partial charge on any atom is -0.481 e. The lowest BCUT2D eigenvalue weighted by molar-refractivity contribution is -0.136. The molecule has 1 amide bonds. The molecule has 0 aliphatic heterocycles. The lowest BCUT2D eigenvalue weighted by Crippen LogP contribution is -2.43. The lowest BCUT2D eigenvalue weighted by atomic mass is 9.94. The number of rotatable bonds is 8. The number of nitrogens with one attached hydrogen (secondary N) is 1. The van der Waals surface area contributed by atoms with Gasteiger partial charge in [-0.15, -0.1) is 0 Å². The molecule has 0 aliphatic carbocycles. The third-order valence-electron chi connectivity index (χ3n) is 4.66. The summed E-state index contributed by atoms with van der Waals surface area (Å²) in [4.78, 5) is 28.2. The second-order valence-corrected chi connectivity index (χ2v) is 10.9. The van der Waals surface area contributed by atoms with Crippen LogP contribution in [0.4, 0.5) is 13.9 Å². The summed E-state index contributed by atoms with van der Waals surface area (Å²) >= 11 is 6.81. The van der Waals surface area contributed by atoms with E-state index in [1.54, 1.807) is 0 Å². The Labute approximate surface area is 202 Å². The van der Waals surface area contributed by atoms with Gasteiger partial charge in [-0.2, -0.15) is 0 Å². The fourth-order valence-electron chi connectivity index (χ4n) is 2.89. The van der Waals surface area contributed by atoms with E-state index >= 15 is 0 Å². The van der Waals surface area contributed by atoms with Crippen molar-refractivity contribution in [3.05, 3.63) is 69.7 Å². The van der Waals surface area contributed by atoms with Crippen LogP contribution in [0.1, 0.15) is 18.2 Å². The van der Waals surface area contributed by atoms with Crippen molar-refractivity contribution in [1.29, 1.82) is 0 Å². The molecule has 0 bridgehead atoms. The first-order valence-corrected chi connectivity index (χ1v) is 12.5. The number of ether oxygens (including phenoxy) is 1. The Morgan fingerprint density at radius 1 is 1.21 bits per heavy atom. The van der Waals surface area contributed by atoms with Gasteiger partial charge in [0.1, 0.15) is 10.2 Å². The van der Waals surface area contributed by atoms with E-state index in [1.165, 1.54) is 31.2 Å². The molecule has 180 valence electrons. The van der Waals surface area contributed by atoms with Gasteiger partial charge < -0.3 is 9.84 Å². The number of aromatic nitrogens is 1. The van der Waals surface area contributed by atoms with Gasteiger partial charge in [0.25, 0.3) is 5.91 Å². The van der Waals surface area contributed by atoms with Crippen LogP contribution in [-0.4, -0.2) is 36.6 Å². The van der Waals surface area contributed by atoms with Gasteiger partial charge in [-0.3, -0.25) is 14.9 Å². The van der Waals surface area contributed by atoms with Crippen LogP contribution >= 0.6 is 22.9 Å². The Morgan fingerprint density at radius 3 is 2.41 bits per heavy atom. The molecule has 2 aromatic carbocycles. The number of carboxylic acids is 1. The number of halogens is 3. The minimum atomic E-state index is -3.53. The van der Waals surface area contributed by atoms with Crippen molar-refractivity contribution >= 4 is 49.8 Å². The Balaban J connectivity index is 2.01. The van der Waals surface area contributed by atoms with Crippen molar-refractivity contribution in [2.45, 2.75) is 23.8 Å². The molecule has 8 nitrogen and oxygen atoms in total. The Morgan fingerprint density at radius 2 is 1.85 bits per heavy atom. The zero-order valence-electron chi connectivity index (χ0n) is 17.6. The van der Waals surface area contributed by atoms with Crippen LogP contribution < -0.4 is 10.1 Å². The van der Waals surface area contributed by atoms with E-state index in [9.17, 15) is 26.8 Å². The van der Waals surface area contributed by atoms with E-state index in [1.807, 2.05) is 0 Å². The molecule has 1 heterocycles. The molecule has 34 heavy (non-hydrogen) atoms. The van der Waals surface area contributed by atoms with Crippen LogP contribution in [0.3, 0.4) is 0 Å². The fraction of sp³-hybridized carbons (Fsp3) is 0.190. The molecule has 0 radical (unpaired) electrons. The summed E-state index contributed by atoms with van der Waals surface area (Å²) in [6.07, 6.45) is 0.548. The number of anilines is 1. The SMILES string of the molecule is CC(Oc1ccc(F)cc1F)(C(=O)Nc1nc(CC(=O)O)c(Cl)s1)c1ccc(S(C)(=O)=O)cc1. The van der Waals surface area contributed by atoms with Crippen molar-refractivity contribution in [2.75, 3.05) is 11.6 Å². The molecular formula is C21H17ClF2N2O6S2. The quantitative estimate of drug-likeness (QED) is 0.450. The summed E-state index contributed by atoms with van der Waals surface area (Å²) in [6, 6.07) is 7.69. The van der Waals surface area contributed by atoms with Gasteiger partial charge >= 0.3 is 5.97 Å². The topological polar surface area (TPSA) is 123 Å². The van der Waals surface area contributed by atoms with Gasteiger partial charge in [0, 0.05) is 17.9 Å². The zero-order chi connectivity index (χ0) is 25.3. The van der Waals surface area contributed by atoms with Crippen molar-refractivity contribution in [2.24, 2.45) is 0 Å². The van der Waals surface area contributed by atoms with E-state index in [-0.39, 0.29) is 25.6 Å². The summed E-state index contributed by atoms with van der Waals surface area (Å²) in [7, 11) is -3.53. The molecule has 1 unspecified atom stereocenters. The summed E-state index contributed by atoms with van der Waals surface area (Å²) in [5, 5.41) is 11.4. The number of carbonyl (C=O) groups is 2. The van der Waals surface area contributed by atoms with Crippen LogP contribution in [0, 0.1) is 11.6 Å². The number of nitrogens with zero attached hydrogens (tertiary/aromatic N) is 1. The molecule has 3 aromatic rings. The van der Waals surface area contributed by atoms with Crippen LogP contribution in [0.15, 0.2) is 47.4 Å². The van der Waals surface area contributed by atoms with Gasteiger partial charge in [-0.25, -0.2) is 22.2 Å². The standard InChI is InChI=1S/C21H17ClF2N2O6S2/c1-21(32-16-8-5-12(23)9-14(16)24,11-3-6-13(7-4-11)34(2,30)31)19(29)26-20-25-15(10-17(27)28)18(22)33-20/h3-9H,10H2,1-2H3,(H,27,28)(H,25,26,29). The maximum atomic E-state index is 14.3. The molecule has 0 aliphatic rings. The number of carbonyl (C=O) groups excluding carboxylic acids is 1. The van der Waals surface area contributed by atoms with E-state index in [4.69, 9.17) is 21.4 Å². The summed E-state index contributed by atoms with van der Waals surface area (Å²) in [5.74, 6) is -4.37. The van der Waals surface area contributed by atoms with E-state index < -0.39 is 51.1 Å². The molecule has 0 fully saturated rings. The molecule has 3 rings (SSSR count). The van der Waals surface area contributed by atoms with Crippen molar-refractivity contribution in [3.8, 4) is 5.75 Å².